The van der Waals surface area contributed by atoms with Gasteiger partial charge in [-0.25, -0.2) is 4.98 Å². The lowest BCUT2D eigenvalue weighted by atomic mass is 10.0. The van der Waals surface area contributed by atoms with Crippen LogP contribution in [-0.2, 0) is 11.3 Å². The van der Waals surface area contributed by atoms with Gasteiger partial charge in [0.15, 0.2) is 0 Å². The Hall–Kier alpha value is -0.490. The molecule has 0 aromatic carbocycles. The quantitative estimate of drug-likeness (QED) is 0.849. The zero-order valence-electron chi connectivity index (χ0n) is 9.85. The molecule has 1 fully saturated rings. The fourth-order valence-electron chi connectivity index (χ4n) is 2.03. The van der Waals surface area contributed by atoms with Crippen LogP contribution in [0.1, 0.15) is 10.7 Å². The van der Waals surface area contributed by atoms with E-state index in [1.807, 2.05) is 6.92 Å². The highest BCUT2D eigenvalue weighted by molar-refractivity contribution is 7.09. The van der Waals surface area contributed by atoms with E-state index in [9.17, 15) is 0 Å². The van der Waals surface area contributed by atoms with E-state index in [0.29, 0.717) is 12.5 Å². The minimum Gasteiger partial charge on any atom is -0.379 e. The number of nitrogens with zero attached hydrogens (tertiary/aromatic N) is 2. The van der Waals surface area contributed by atoms with E-state index in [1.165, 1.54) is 0 Å². The molecule has 2 N–H and O–H groups in total. The molecular weight excluding hydrogens is 222 g/mol. The van der Waals surface area contributed by atoms with Crippen molar-refractivity contribution in [3.8, 4) is 0 Å². The van der Waals surface area contributed by atoms with Gasteiger partial charge in [-0.3, -0.25) is 0 Å². The van der Waals surface area contributed by atoms with Crippen LogP contribution in [0.15, 0.2) is 5.38 Å². The average molecular weight is 241 g/mol. The number of rotatable bonds is 4. The van der Waals surface area contributed by atoms with Crippen LogP contribution in [0, 0.1) is 12.8 Å². The molecule has 1 aromatic heterocycles. The largest absolute Gasteiger partial charge is 0.379 e. The fourth-order valence-corrected chi connectivity index (χ4v) is 2.63. The van der Waals surface area contributed by atoms with Crippen LogP contribution in [0.4, 0.5) is 0 Å². The van der Waals surface area contributed by atoms with Gasteiger partial charge in [-0.15, -0.1) is 11.3 Å². The molecule has 0 bridgehead atoms. The van der Waals surface area contributed by atoms with E-state index < -0.39 is 0 Å². The summed E-state index contributed by atoms with van der Waals surface area (Å²) in [7, 11) is 2.11. The zero-order valence-corrected chi connectivity index (χ0v) is 10.7. The van der Waals surface area contributed by atoms with Crippen molar-refractivity contribution >= 4 is 11.3 Å². The van der Waals surface area contributed by atoms with Crippen molar-refractivity contribution in [2.24, 2.45) is 11.7 Å². The summed E-state index contributed by atoms with van der Waals surface area (Å²) >= 11 is 1.70. The van der Waals surface area contributed by atoms with Gasteiger partial charge in [0, 0.05) is 30.4 Å². The summed E-state index contributed by atoms with van der Waals surface area (Å²) in [5.41, 5.74) is 7.11. The average Bonchev–Trinajstić information content (AvgIpc) is 2.77. The van der Waals surface area contributed by atoms with Crippen molar-refractivity contribution < 1.29 is 4.74 Å². The molecule has 1 aromatic rings. The Morgan fingerprint density at radius 2 is 2.44 bits per heavy atom. The highest BCUT2D eigenvalue weighted by Crippen LogP contribution is 2.15. The summed E-state index contributed by atoms with van der Waals surface area (Å²) in [5, 5.41) is 3.25. The van der Waals surface area contributed by atoms with Crippen LogP contribution in [0.2, 0.25) is 0 Å². The molecule has 16 heavy (non-hydrogen) atoms. The van der Waals surface area contributed by atoms with Crippen molar-refractivity contribution in [1.82, 2.24) is 9.88 Å². The molecule has 0 amide bonds. The Bertz CT molecular complexity index is 342. The van der Waals surface area contributed by atoms with Gasteiger partial charge in [-0.1, -0.05) is 0 Å². The molecule has 2 unspecified atom stereocenters. The predicted molar refractivity (Wildman–Crippen MR) is 65.5 cm³/mol. The summed E-state index contributed by atoms with van der Waals surface area (Å²) in [6.07, 6.45) is 0. The Kier molecular flexibility index (Phi) is 3.91. The Morgan fingerprint density at radius 1 is 1.62 bits per heavy atom. The number of aryl methyl sites for hydroxylation is 1. The number of ether oxygens (including phenoxy) is 1. The highest BCUT2D eigenvalue weighted by atomic mass is 32.1. The van der Waals surface area contributed by atoms with Crippen molar-refractivity contribution in [3.63, 3.8) is 0 Å². The normalized spacial score (nSPS) is 25.5. The first-order valence-electron chi connectivity index (χ1n) is 5.58. The summed E-state index contributed by atoms with van der Waals surface area (Å²) in [4.78, 5) is 6.73. The summed E-state index contributed by atoms with van der Waals surface area (Å²) in [5.74, 6) is 0.463. The maximum Gasteiger partial charge on any atom is 0.0897 e. The minimum atomic E-state index is 0.194. The first kappa shape index (κ1) is 12.0. The van der Waals surface area contributed by atoms with Gasteiger partial charge in [-0.05, 0) is 14.0 Å². The summed E-state index contributed by atoms with van der Waals surface area (Å²) < 4.78 is 5.36. The Balaban J connectivity index is 1.82. The van der Waals surface area contributed by atoms with E-state index in [-0.39, 0.29) is 6.04 Å². The van der Waals surface area contributed by atoms with Crippen molar-refractivity contribution in [2.75, 3.05) is 26.8 Å². The molecule has 1 aliphatic rings. The van der Waals surface area contributed by atoms with Gasteiger partial charge in [0.25, 0.3) is 0 Å². The second-order valence-electron chi connectivity index (χ2n) is 4.52. The van der Waals surface area contributed by atoms with Gasteiger partial charge >= 0.3 is 0 Å². The number of thiazole rings is 1. The summed E-state index contributed by atoms with van der Waals surface area (Å²) in [6.45, 7) is 5.41. The lowest BCUT2D eigenvalue weighted by Crippen LogP contribution is -2.36. The molecule has 1 aliphatic heterocycles. The van der Waals surface area contributed by atoms with Crippen LogP contribution >= 0.6 is 11.3 Å². The summed E-state index contributed by atoms with van der Waals surface area (Å²) in [6, 6.07) is 0.194. The SMILES string of the molecule is Cc1nc(CN(C)CC2COCC2N)cs1. The van der Waals surface area contributed by atoms with E-state index in [1.54, 1.807) is 11.3 Å². The van der Waals surface area contributed by atoms with Crippen LogP contribution in [0.3, 0.4) is 0 Å². The molecule has 2 rings (SSSR count). The zero-order chi connectivity index (χ0) is 11.5. The van der Waals surface area contributed by atoms with Gasteiger partial charge in [-0.2, -0.15) is 0 Å². The van der Waals surface area contributed by atoms with Crippen molar-refractivity contribution in [1.29, 1.82) is 0 Å². The fraction of sp³-hybridized carbons (Fsp3) is 0.727. The van der Waals surface area contributed by atoms with Crippen LogP contribution in [-0.4, -0.2) is 42.7 Å². The highest BCUT2D eigenvalue weighted by Gasteiger charge is 2.25. The molecular formula is C11H19N3OS. The van der Waals surface area contributed by atoms with Gasteiger partial charge in [0.05, 0.1) is 23.9 Å². The van der Waals surface area contributed by atoms with Crippen LogP contribution in [0.5, 0.6) is 0 Å². The first-order valence-corrected chi connectivity index (χ1v) is 6.46. The van der Waals surface area contributed by atoms with E-state index in [4.69, 9.17) is 10.5 Å². The lowest BCUT2D eigenvalue weighted by molar-refractivity contribution is 0.172. The molecule has 0 radical (unpaired) electrons. The number of hydrogen-bond acceptors (Lipinski definition) is 5. The van der Waals surface area contributed by atoms with E-state index in [0.717, 1.165) is 30.4 Å². The Labute approximate surface area is 100 Å². The Morgan fingerprint density at radius 3 is 3.00 bits per heavy atom. The third kappa shape index (κ3) is 3.01. The maximum absolute atomic E-state index is 5.96. The van der Waals surface area contributed by atoms with E-state index in [2.05, 4.69) is 22.3 Å². The minimum absolute atomic E-state index is 0.194. The predicted octanol–water partition coefficient (Wildman–Crippen LogP) is 0.857. The molecule has 4 nitrogen and oxygen atoms in total. The topological polar surface area (TPSA) is 51.4 Å². The molecule has 1 saturated heterocycles. The smallest absolute Gasteiger partial charge is 0.0897 e. The van der Waals surface area contributed by atoms with Gasteiger partial charge < -0.3 is 15.4 Å². The molecule has 0 saturated carbocycles. The third-order valence-corrected chi connectivity index (χ3v) is 3.71. The monoisotopic (exact) mass is 241 g/mol. The lowest BCUT2D eigenvalue weighted by Gasteiger charge is -2.21. The number of nitrogens with two attached hydrogens (primary N) is 1. The standard InChI is InChI=1S/C11H19N3OS/c1-8-13-10(7-16-8)4-14(2)3-9-5-15-6-11(9)12/h7,9,11H,3-6,12H2,1-2H3. The molecule has 90 valence electrons. The van der Waals surface area contributed by atoms with Crippen LogP contribution in [0.25, 0.3) is 0 Å². The van der Waals surface area contributed by atoms with Gasteiger partial charge in [0.1, 0.15) is 0 Å². The molecule has 2 heterocycles. The van der Waals surface area contributed by atoms with Crippen molar-refractivity contribution in [2.45, 2.75) is 19.5 Å². The molecule has 2 atom stereocenters. The first-order chi connectivity index (χ1) is 7.65. The molecule has 0 aliphatic carbocycles. The van der Waals surface area contributed by atoms with Crippen LogP contribution < -0.4 is 5.73 Å². The number of aromatic nitrogens is 1. The number of hydrogen-bond donors (Lipinski definition) is 1. The van der Waals surface area contributed by atoms with Gasteiger partial charge in [0.2, 0.25) is 0 Å². The van der Waals surface area contributed by atoms with Crippen molar-refractivity contribution in [3.05, 3.63) is 16.1 Å². The third-order valence-electron chi connectivity index (χ3n) is 2.89. The van der Waals surface area contributed by atoms with E-state index >= 15 is 0 Å². The maximum atomic E-state index is 5.96. The second-order valence-corrected chi connectivity index (χ2v) is 5.58. The second kappa shape index (κ2) is 5.23. The molecule has 0 spiro atoms. The molecule has 5 heteroatoms.